The molecule has 0 saturated carbocycles. The third-order valence-electron chi connectivity index (χ3n) is 2.34. The van der Waals surface area contributed by atoms with Crippen molar-refractivity contribution in [3.05, 3.63) is 0 Å². The minimum absolute atomic E-state index is 0. The fourth-order valence-electron chi connectivity index (χ4n) is 1.38. The van der Waals surface area contributed by atoms with Crippen LogP contribution in [0.15, 0.2) is 0 Å². The maximum atomic E-state index is 10.8. The molecule has 0 heterocycles. The van der Waals surface area contributed by atoms with E-state index in [2.05, 4.69) is 4.74 Å². The Morgan fingerprint density at radius 2 is 1.22 bits per heavy atom. The van der Waals surface area contributed by atoms with Crippen molar-refractivity contribution in [2.75, 3.05) is 31.3 Å². The van der Waals surface area contributed by atoms with E-state index >= 15 is 0 Å². The van der Waals surface area contributed by atoms with Gasteiger partial charge in [-0.3, -0.25) is 4.79 Å². The van der Waals surface area contributed by atoms with E-state index < -0.39 is 6.16 Å². The number of hydrogen-bond acceptors (Lipinski definition) is 9. The standard InChI is InChI=1S/2C7H14O3.C7H14O2S.2CH4/c1-4-9-5-7(8)10-6(2)3;1-4-5-9-7(8)10-6(2)3;1-4-10-5-7(8)9-6(2)3;;/h3*6H,4-5H2,1-3H3;2*1H4. The summed E-state index contributed by atoms with van der Waals surface area (Å²) in [6.07, 6.45) is 0.131. The van der Waals surface area contributed by atoms with Gasteiger partial charge < -0.3 is 23.7 Å². The summed E-state index contributed by atoms with van der Waals surface area (Å²) in [5.41, 5.74) is 0. The Kier molecular flexibility index (Phi) is 37.7. The quantitative estimate of drug-likeness (QED) is 0.261. The highest BCUT2D eigenvalue weighted by molar-refractivity contribution is 7.99. The number of carbonyl (C=O) groups is 3. The third-order valence-corrected chi connectivity index (χ3v) is 3.19. The van der Waals surface area contributed by atoms with E-state index in [1.165, 1.54) is 0 Å². The van der Waals surface area contributed by atoms with Gasteiger partial charge in [-0.15, -0.1) is 0 Å². The molecule has 0 fully saturated rings. The highest BCUT2D eigenvalue weighted by Gasteiger charge is 2.05. The van der Waals surface area contributed by atoms with E-state index in [-0.39, 0.29) is 51.7 Å². The SMILES string of the molecule is C.C.CCCOC(=O)OC(C)C.CCOCC(=O)OC(C)C.CCSCC(=O)OC(C)C. The molecule has 0 radical (unpaired) electrons. The molecule has 0 unspecified atom stereocenters. The molecular formula is C23H50O8S. The molecule has 32 heavy (non-hydrogen) atoms. The van der Waals surface area contributed by atoms with Crippen LogP contribution < -0.4 is 0 Å². The second-order valence-corrected chi connectivity index (χ2v) is 7.89. The molecule has 0 spiro atoms. The Balaban J connectivity index is -0.000000110. The molecule has 0 amide bonds. The number of esters is 2. The summed E-state index contributed by atoms with van der Waals surface area (Å²) < 4.78 is 23.8. The lowest BCUT2D eigenvalue weighted by molar-refractivity contribution is -0.152. The van der Waals surface area contributed by atoms with Gasteiger partial charge in [-0.25, -0.2) is 9.59 Å². The van der Waals surface area contributed by atoms with Crippen molar-refractivity contribution in [1.29, 1.82) is 0 Å². The van der Waals surface area contributed by atoms with Crippen LogP contribution in [-0.4, -0.2) is 67.7 Å². The number of thioether (sulfide) groups is 1. The maximum Gasteiger partial charge on any atom is 0.508 e. The van der Waals surface area contributed by atoms with Gasteiger partial charge in [-0.1, -0.05) is 28.7 Å². The Morgan fingerprint density at radius 1 is 0.750 bits per heavy atom. The molecule has 0 aromatic heterocycles. The Bertz CT molecular complexity index is 364. The molecule has 0 atom stereocenters. The largest absolute Gasteiger partial charge is 0.508 e. The van der Waals surface area contributed by atoms with Crippen LogP contribution in [0.4, 0.5) is 4.79 Å². The van der Waals surface area contributed by atoms with Gasteiger partial charge in [0.2, 0.25) is 0 Å². The van der Waals surface area contributed by atoms with Crippen LogP contribution in [0.3, 0.4) is 0 Å². The van der Waals surface area contributed by atoms with E-state index in [4.69, 9.17) is 18.9 Å². The molecule has 0 saturated heterocycles. The van der Waals surface area contributed by atoms with Gasteiger partial charge in [0.05, 0.1) is 30.7 Å². The van der Waals surface area contributed by atoms with Crippen LogP contribution in [0, 0.1) is 0 Å². The van der Waals surface area contributed by atoms with Crippen LogP contribution >= 0.6 is 11.8 Å². The van der Waals surface area contributed by atoms with Crippen molar-refractivity contribution in [3.63, 3.8) is 0 Å². The summed E-state index contributed by atoms with van der Waals surface area (Å²) in [4.78, 5) is 32.0. The first-order chi connectivity index (χ1) is 14.0. The molecule has 0 aromatic rings. The van der Waals surface area contributed by atoms with Gasteiger partial charge in [0.15, 0.2) is 0 Å². The fourth-order valence-corrected chi connectivity index (χ4v) is 1.82. The van der Waals surface area contributed by atoms with E-state index in [9.17, 15) is 14.4 Å². The zero-order chi connectivity index (χ0) is 23.9. The fraction of sp³-hybridized carbons (Fsp3) is 0.870. The van der Waals surface area contributed by atoms with Crippen LogP contribution in [0.2, 0.25) is 0 Å². The van der Waals surface area contributed by atoms with Crippen molar-refractivity contribution in [1.82, 2.24) is 0 Å². The molecule has 0 rings (SSSR count). The second-order valence-electron chi connectivity index (χ2n) is 6.62. The molecule has 0 aromatic carbocycles. The average Bonchev–Trinajstić information content (AvgIpc) is 2.62. The predicted molar refractivity (Wildman–Crippen MR) is 133 cm³/mol. The molecular weight excluding hydrogens is 436 g/mol. The van der Waals surface area contributed by atoms with E-state index in [1.807, 2.05) is 48.5 Å². The maximum absolute atomic E-state index is 10.8. The first-order valence-corrected chi connectivity index (χ1v) is 11.5. The normalized spacial score (nSPS) is 9.25. The van der Waals surface area contributed by atoms with Gasteiger partial charge in [-0.05, 0) is 60.6 Å². The van der Waals surface area contributed by atoms with Crippen LogP contribution in [-0.2, 0) is 33.3 Å². The molecule has 0 aliphatic heterocycles. The number of carbonyl (C=O) groups excluding carboxylic acids is 3. The summed E-state index contributed by atoms with van der Waals surface area (Å²) in [5.74, 6) is 1.04. The Morgan fingerprint density at radius 3 is 1.59 bits per heavy atom. The Labute approximate surface area is 201 Å². The van der Waals surface area contributed by atoms with Gasteiger partial charge in [-0.2, -0.15) is 11.8 Å². The monoisotopic (exact) mass is 486 g/mol. The summed E-state index contributed by atoms with van der Waals surface area (Å²) in [6.45, 7) is 17.7. The number of ether oxygens (including phenoxy) is 5. The smallest absolute Gasteiger partial charge is 0.462 e. The molecule has 196 valence electrons. The van der Waals surface area contributed by atoms with Gasteiger partial charge in [0, 0.05) is 6.61 Å². The second kappa shape index (κ2) is 29.5. The number of hydrogen-bond donors (Lipinski definition) is 0. The van der Waals surface area contributed by atoms with Crippen LogP contribution in [0.5, 0.6) is 0 Å². The zero-order valence-electron chi connectivity index (χ0n) is 20.1. The lowest BCUT2D eigenvalue weighted by atomic mass is 10.5. The van der Waals surface area contributed by atoms with Crippen molar-refractivity contribution >= 4 is 29.9 Å². The van der Waals surface area contributed by atoms with Gasteiger partial charge in [0.25, 0.3) is 0 Å². The summed E-state index contributed by atoms with van der Waals surface area (Å²) >= 11 is 1.58. The third kappa shape index (κ3) is 42.6. The minimum atomic E-state index is -0.572. The lowest BCUT2D eigenvalue weighted by Gasteiger charge is -2.06. The first-order valence-electron chi connectivity index (χ1n) is 10.4. The molecule has 0 N–H and O–H groups in total. The molecule has 9 heteroatoms. The topological polar surface area (TPSA) is 97.4 Å². The molecule has 0 aliphatic carbocycles. The highest BCUT2D eigenvalue weighted by Crippen LogP contribution is 2.00. The average molecular weight is 487 g/mol. The van der Waals surface area contributed by atoms with Crippen LogP contribution in [0.25, 0.3) is 0 Å². The van der Waals surface area contributed by atoms with Gasteiger partial charge in [0.1, 0.15) is 6.61 Å². The first kappa shape index (κ1) is 40.8. The molecule has 0 aliphatic rings. The summed E-state index contributed by atoms with van der Waals surface area (Å²) in [5, 5.41) is 0. The van der Waals surface area contributed by atoms with Crippen molar-refractivity contribution in [2.45, 2.75) is 102 Å². The lowest BCUT2D eigenvalue weighted by Crippen LogP contribution is -2.16. The number of rotatable bonds is 11. The van der Waals surface area contributed by atoms with E-state index in [0.29, 0.717) is 19.0 Å². The summed E-state index contributed by atoms with van der Waals surface area (Å²) in [7, 11) is 0. The molecule has 8 nitrogen and oxygen atoms in total. The van der Waals surface area contributed by atoms with Crippen molar-refractivity contribution < 1.29 is 38.1 Å². The molecule has 0 bridgehead atoms. The van der Waals surface area contributed by atoms with Crippen molar-refractivity contribution in [3.8, 4) is 0 Å². The van der Waals surface area contributed by atoms with Crippen molar-refractivity contribution in [2.24, 2.45) is 0 Å². The highest BCUT2D eigenvalue weighted by atomic mass is 32.2. The van der Waals surface area contributed by atoms with E-state index in [1.54, 1.807) is 25.6 Å². The minimum Gasteiger partial charge on any atom is -0.462 e. The van der Waals surface area contributed by atoms with Gasteiger partial charge >= 0.3 is 18.1 Å². The summed E-state index contributed by atoms with van der Waals surface area (Å²) in [6, 6.07) is 0. The Hall–Kier alpha value is -1.48. The zero-order valence-corrected chi connectivity index (χ0v) is 21.0. The predicted octanol–water partition coefficient (Wildman–Crippen LogP) is 5.90. The van der Waals surface area contributed by atoms with E-state index in [0.717, 1.165) is 12.2 Å². The van der Waals surface area contributed by atoms with Crippen LogP contribution in [0.1, 0.15) is 83.6 Å².